The van der Waals surface area contributed by atoms with Crippen molar-refractivity contribution in [3.8, 4) is 0 Å². The van der Waals surface area contributed by atoms with E-state index in [9.17, 15) is 0 Å². The molecule has 4 atom stereocenters. The second-order valence-corrected chi connectivity index (χ2v) is 10.4. The van der Waals surface area contributed by atoms with E-state index in [1.54, 1.807) is 0 Å². The van der Waals surface area contributed by atoms with E-state index in [0.717, 1.165) is 46.6 Å². The minimum atomic E-state index is -0.0704. The highest BCUT2D eigenvalue weighted by molar-refractivity contribution is 7.80. The molecule has 1 aromatic carbocycles. The van der Waals surface area contributed by atoms with Gasteiger partial charge in [-0.25, -0.2) is 0 Å². The maximum atomic E-state index is 6.88. The van der Waals surface area contributed by atoms with Crippen LogP contribution in [0, 0.1) is 18.8 Å². The van der Waals surface area contributed by atoms with Crippen LogP contribution >= 0.6 is 23.8 Å². The summed E-state index contributed by atoms with van der Waals surface area (Å²) < 4.78 is 0. The van der Waals surface area contributed by atoms with Gasteiger partial charge in [0.2, 0.25) is 0 Å². The number of rotatable bonds is 4. The van der Waals surface area contributed by atoms with Crippen LogP contribution in [0.15, 0.2) is 54.7 Å². The first-order valence-electron chi connectivity index (χ1n) is 11.6. The third kappa shape index (κ3) is 4.34. The van der Waals surface area contributed by atoms with E-state index < -0.39 is 0 Å². The lowest BCUT2D eigenvalue weighted by Gasteiger charge is -2.37. The minimum absolute atomic E-state index is 0.0574. The van der Waals surface area contributed by atoms with Crippen LogP contribution in [0.1, 0.15) is 49.4 Å². The molecule has 0 radical (unpaired) electrons. The molecule has 0 aliphatic carbocycles. The van der Waals surface area contributed by atoms with Crippen LogP contribution in [0.3, 0.4) is 0 Å². The summed E-state index contributed by atoms with van der Waals surface area (Å²) in [5, 5.41) is 4.94. The second-order valence-electron chi connectivity index (χ2n) is 9.58. The summed E-state index contributed by atoms with van der Waals surface area (Å²) in [5.41, 5.74) is 5.25. The molecule has 0 saturated carbocycles. The molecular formula is C26H30ClN5S. The predicted molar refractivity (Wildman–Crippen MR) is 140 cm³/mol. The summed E-state index contributed by atoms with van der Waals surface area (Å²) in [6.07, 6.45) is 3.10. The zero-order valence-corrected chi connectivity index (χ0v) is 20.8. The number of hydrogen-bond donors (Lipinski definition) is 2. The molecule has 0 spiro atoms. The maximum absolute atomic E-state index is 6.88. The van der Waals surface area contributed by atoms with Crippen LogP contribution < -0.4 is 15.1 Å². The van der Waals surface area contributed by atoms with Crippen molar-refractivity contribution < 1.29 is 0 Å². The molecule has 2 saturated heterocycles. The number of aromatic nitrogens is 2. The van der Waals surface area contributed by atoms with Gasteiger partial charge in [-0.15, -0.1) is 0 Å². The van der Waals surface area contributed by atoms with Crippen LogP contribution in [0.4, 0.5) is 11.4 Å². The molecule has 5 rings (SSSR count). The van der Waals surface area contributed by atoms with Gasteiger partial charge in [-0.05, 0) is 79.9 Å². The van der Waals surface area contributed by atoms with Gasteiger partial charge in [0, 0.05) is 36.4 Å². The average Bonchev–Trinajstić information content (AvgIpc) is 3.36. The Bertz CT molecular complexity index is 1140. The zero-order valence-electron chi connectivity index (χ0n) is 19.3. The Balaban J connectivity index is 1.51. The smallest absolute Gasteiger partial charge is 0.174 e. The summed E-state index contributed by atoms with van der Waals surface area (Å²) in [6, 6.07) is 16.4. The highest BCUT2D eigenvalue weighted by Gasteiger charge is 2.41. The first-order valence-corrected chi connectivity index (χ1v) is 12.4. The number of benzene rings is 1. The molecule has 7 heteroatoms. The van der Waals surface area contributed by atoms with Gasteiger partial charge in [0.1, 0.15) is 6.04 Å². The Kier molecular flexibility index (Phi) is 6.06. The minimum Gasteiger partial charge on any atom is -0.370 e. The lowest BCUT2D eigenvalue weighted by molar-refractivity contribution is 0.357. The number of halogens is 1. The molecule has 0 bridgehead atoms. The summed E-state index contributed by atoms with van der Waals surface area (Å²) in [6.45, 7) is 8.79. The van der Waals surface area contributed by atoms with Crippen molar-refractivity contribution in [2.75, 3.05) is 22.9 Å². The fourth-order valence-corrected chi connectivity index (χ4v) is 6.05. The number of anilines is 2. The van der Waals surface area contributed by atoms with Gasteiger partial charge in [0.15, 0.2) is 5.11 Å². The largest absolute Gasteiger partial charge is 0.370 e. The highest BCUT2D eigenvalue weighted by atomic mass is 35.5. The lowest BCUT2D eigenvalue weighted by atomic mass is 9.91. The molecule has 3 aromatic rings. The molecule has 0 unspecified atom stereocenters. The molecule has 4 heterocycles. The molecule has 2 N–H and O–H groups in total. The molecule has 33 heavy (non-hydrogen) atoms. The van der Waals surface area contributed by atoms with Gasteiger partial charge < -0.3 is 20.1 Å². The quantitative estimate of drug-likeness (QED) is 0.447. The first-order chi connectivity index (χ1) is 15.9. The number of nitrogens with zero attached hydrogens (tertiary/aromatic N) is 3. The number of aromatic amines is 1. The summed E-state index contributed by atoms with van der Waals surface area (Å²) in [4.78, 5) is 12.7. The third-order valence-corrected chi connectivity index (χ3v) is 7.31. The summed E-state index contributed by atoms with van der Waals surface area (Å²) >= 11 is 12.7. The van der Waals surface area contributed by atoms with E-state index in [4.69, 9.17) is 23.8 Å². The van der Waals surface area contributed by atoms with Gasteiger partial charge >= 0.3 is 0 Å². The van der Waals surface area contributed by atoms with Gasteiger partial charge in [-0.1, -0.05) is 31.5 Å². The van der Waals surface area contributed by atoms with Gasteiger partial charge in [0.25, 0.3) is 0 Å². The van der Waals surface area contributed by atoms with Crippen molar-refractivity contribution in [2.24, 2.45) is 11.8 Å². The van der Waals surface area contributed by atoms with Crippen molar-refractivity contribution >= 4 is 40.3 Å². The van der Waals surface area contributed by atoms with Crippen LogP contribution in [0.25, 0.3) is 0 Å². The van der Waals surface area contributed by atoms with Gasteiger partial charge in [-0.2, -0.15) is 0 Å². The standard InChI is InChI=1S/C26H30ClN5S/c1-16-12-17(2)15-31(14-16)23-10-8-19(13-20(23)27)32-25(22-9-7-18(3)29-22)24(30-26(32)33)21-6-4-5-11-28-21/h4-11,13,16-17,24-25,29H,12,14-15H2,1-3H3,(H,30,33)/t16-,17+,24-,25-/m0/s1. The summed E-state index contributed by atoms with van der Waals surface area (Å²) in [5.74, 6) is 1.33. The lowest BCUT2D eigenvalue weighted by Crippen LogP contribution is -2.38. The number of pyridine rings is 1. The summed E-state index contributed by atoms with van der Waals surface area (Å²) in [7, 11) is 0. The Hall–Kier alpha value is -2.57. The van der Waals surface area contributed by atoms with E-state index in [1.165, 1.54) is 6.42 Å². The number of piperidine rings is 1. The van der Waals surface area contributed by atoms with E-state index >= 15 is 0 Å². The fourth-order valence-electron chi connectivity index (χ4n) is 5.41. The number of aryl methyl sites for hydroxylation is 1. The van der Waals surface area contributed by atoms with Crippen molar-refractivity contribution in [2.45, 2.75) is 39.3 Å². The maximum Gasteiger partial charge on any atom is 0.174 e. The van der Waals surface area contributed by atoms with Crippen molar-refractivity contribution in [3.05, 3.63) is 76.8 Å². The van der Waals surface area contributed by atoms with Crippen molar-refractivity contribution in [1.82, 2.24) is 15.3 Å². The Morgan fingerprint density at radius 1 is 1.06 bits per heavy atom. The van der Waals surface area contributed by atoms with Crippen LogP contribution in [-0.2, 0) is 0 Å². The van der Waals surface area contributed by atoms with E-state index in [1.807, 2.05) is 24.4 Å². The molecule has 0 amide bonds. The number of H-pyrrole nitrogens is 1. The molecule has 2 fully saturated rings. The fraction of sp³-hybridized carbons (Fsp3) is 0.385. The van der Waals surface area contributed by atoms with E-state index in [0.29, 0.717) is 16.9 Å². The normalized spacial score (nSPS) is 25.4. The van der Waals surface area contributed by atoms with Crippen molar-refractivity contribution in [3.63, 3.8) is 0 Å². The van der Waals surface area contributed by atoms with E-state index in [-0.39, 0.29) is 12.1 Å². The average molecular weight is 480 g/mol. The Morgan fingerprint density at radius 2 is 1.85 bits per heavy atom. The monoisotopic (exact) mass is 479 g/mol. The molecule has 2 aliphatic heterocycles. The highest BCUT2D eigenvalue weighted by Crippen LogP contribution is 2.43. The Labute approximate surface area is 206 Å². The zero-order chi connectivity index (χ0) is 23.1. The van der Waals surface area contributed by atoms with Crippen LogP contribution in [0.2, 0.25) is 5.02 Å². The van der Waals surface area contributed by atoms with Crippen molar-refractivity contribution in [1.29, 1.82) is 0 Å². The Morgan fingerprint density at radius 3 is 2.48 bits per heavy atom. The molecule has 2 aromatic heterocycles. The van der Waals surface area contributed by atoms with Gasteiger partial charge in [0.05, 0.1) is 22.4 Å². The molecular weight excluding hydrogens is 450 g/mol. The second kappa shape index (κ2) is 8.99. The number of thiocarbonyl (C=S) groups is 1. The topological polar surface area (TPSA) is 47.2 Å². The number of nitrogens with one attached hydrogen (secondary N) is 2. The first kappa shape index (κ1) is 22.2. The number of hydrogen-bond acceptors (Lipinski definition) is 3. The molecule has 172 valence electrons. The molecule has 5 nitrogen and oxygen atoms in total. The molecule has 2 aliphatic rings. The predicted octanol–water partition coefficient (Wildman–Crippen LogP) is 6.03. The van der Waals surface area contributed by atoms with Gasteiger partial charge in [-0.3, -0.25) is 4.98 Å². The van der Waals surface area contributed by atoms with Crippen LogP contribution in [0.5, 0.6) is 0 Å². The van der Waals surface area contributed by atoms with Crippen LogP contribution in [-0.4, -0.2) is 28.2 Å². The third-order valence-electron chi connectivity index (χ3n) is 6.69. The van der Waals surface area contributed by atoms with E-state index in [2.05, 4.69) is 76.2 Å². The SMILES string of the molecule is Cc1ccc([C@H]2[C@H](c3ccccn3)NC(=S)N2c2ccc(N3C[C@H](C)C[C@H](C)C3)c(Cl)c2)[nH]1.